The highest BCUT2D eigenvalue weighted by Crippen LogP contribution is 2.26. The third-order valence-corrected chi connectivity index (χ3v) is 2.42. The lowest BCUT2D eigenvalue weighted by molar-refractivity contribution is -0.130. The number of hydrogen-bond donors (Lipinski definition) is 1. The fraction of sp³-hybridized carbons (Fsp3) is 0.636. The van der Waals surface area contributed by atoms with Crippen molar-refractivity contribution in [3.63, 3.8) is 0 Å². The molecule has 0 unspecified atom stereocenters. The van der Waals surface area contributed by atoms with Crippen LogP contribution in [-0.4, -0.2) is 35.8 Å². The number of amides is 2. The third-order valence-electron chi connectivity index (χ3n) is 2.42. The van der Waals surface area contributed by atoms with E-state index in [-0.39, 0.29) is 11.8 Å². The van der Waals surface area contributed by atoms with E-state index < -0.39 is 0 Å². The summed E-state index contributed by atoms with van der Waals surface area (Å²) in [7, 11) is 0. The largest absolute Gasteiger partial charge is 0.353 e. The summed E-state index contributed by atoms with van der Waals surface area (Å²) in [6, 6.07) is 0.384. The van der Waals surface area contributed by atoms with Gasteiger partial charge in [-0.15, -0.1) is 6.58 Å². The van der Waals surface area contributed by atoms with Crippen LogP contribution in [0.1, 0.15) is 26.2 Å². The van der Waals surface area contributed by atoms with Crippen LogP contribution in [0.15, 0.2) is 12.7 Å². The van der Waals surface area contributed by atoms with Crippen LogP contribution in [0.4, 0.5) is 0 Å². The predicted octanol–water partition coefficient (Wildman–Crippen LogP) is 0.690. The molecule has 0 spiro atoms. The van der Waals surface area contributed by atoms with Gasteiger partial charge in [-0.2, -0.15) is 0 Å². The number of carbonyl (C=O) groups excluding carboxylic acids is 2. The lowest BCUT2D eigenvalue weighted by atomic mass is 10.3. The molecule has 0 heterocycles. The summed E-state index contributed by atoms with van der Waals surface area (Å²) in [6.45, 7) is 6.09. The number of carbonyl (C=O) groups is 2. The topological polar surface area (TPSA) is 49.4 Å². The van der Waals surface area contributed by atoms with Gasteiger partial charge in [0.15, 0.2) is 0 Å². The minimum absolute atomic E-state index is 0.0261. The minimum atomic E-state index is -0.0261. The molecule has 15 heavy (non-hydrogen) atoms. The monoisotopic (exact) mass is 210 g/mol. The smallest absolute Gasteiger partial charge is 0.222 e. The molecule has 4 nitrogen and oxygen atoms in total. The molecule has 1 saturated carbocycles. The molecule has 2 amide bonds. The van der Waals surface area contributed by atoms with Crippen LogP contribution in [0.2, 0.25) is 0 Å². The fourth-order valence-corrected chi connectivity index (χ4v) is 1.48. The van der Waals surface area contributed by atoms with Gasteiger partial charge in [-0.3, -0.25) is 9.59 Å². The van der Waals surface area contributed by atoms with E-state index in [9.17, 15) is 9.59 Å². The Morgan fingerprint density at radius 2 is 2.20 bits per heavy atom. The average Bonchev–Trinajstić information content (AvgIpc) is 2.98. The van der Waals surface area contributed by atoms with Gasteiger partial charge in [0.25, 0.3) is 0 Å². The van der Waals surface area contributed by atoms with Crippen LogP contribution >= 0.6 is 0 Å². The molecule has 1 fully saturated rings. The van der Waals surface area contributed by atoms with Crippen LogP contribution < -0.4 is 5.32 Å². The van der Waals surface area contributed by atoms with E-state index in [0.29, 0.717) is 25.6 Å². The van der Waals surface area contributed by atoms with Crippen LogP contribution in [0.25, 0.3) is 0 Å². The first-order valence-corrected chi connectivity index (χ1v) is 5.30. The molecule has 1 aliphatic carbocycles. The first-order valence-electron chi connectivity index (χ1n) is 5.30. The van der Waals surface area contributed by atoms with Gasteiger partial charge in [-0.1, -0.05) is 6.08 Å². The quantitative estimate of drug-likeness (QED) is 0.656. The first kappa shape index (κ1) is 11.8. The van der Waals surface area contributed by atoms with Gasteiger partial charge in [0, 0.05) is 32.5 Å². The molecular weight excluding hydrogens is 192 g/mol. The Labute approximate surface area is 90.3 Å². The second-order valence-electron chi connectivity index (χ2n) is 3.79. The zero-order valence-corrected chi connectivity index (χ0v) is 9.16. The second-order valence-corrected chi connectivity index (χ2v) is 3.79. The Kier molecular flexibility index (Phi) is 4.34. The SMILES string of the molecule is C=CCNC(=O)CCN(C(C)=O)C1CC1. The molecule has 0 aromatic carbocycles. The van der Waals surface area contributed by atoms with Gasteiger partial charge < -0.3 is 10.2 Å². The molecule has 0 radical (unpaired) electrons. The Morgan fingerprint density at radius 1 is 1.53 bits per heavy atom. The van der Waals surface area contributed by atoms with E-state index in [1.807, 2.05) is 0 Å². The van der Waals surface area contributed by atoms with Crippen LogP contribution in [-0.2, 0) is 9.59 Å². The van der Waals surface area contributed by atoms with E-state index in [4.69, 9.17) is 0 Å². The standard InChI is InChI=1S/C11H18N2O2/c1-3-7-12-11(15)6-8-13(9(2)14)10-4-5-10/h3,10H,1,4-8H2,2H3,(H,12,15). The Hall–Kier alpha value is -1.32. The molecular formula is C11H18N2O2. The molecule has 1 N–H and O–H groups in total. The second kappa shape index (κ2) is 5.53. The van der Waals surface area contributed by atoms with Crippen molar-refractivity contribution in [3.8, 4) is 0 Å². The summed E-state index contributed by atoms with van der Waals surface area (Å²) < 4.78 is 0. The maximum absolute atomic E-state index is 11.3. The number of nitrogens with one attached hydrogen (secondary N) is 1. The Bertz CT molecular complexity index is 259. The molecule has 0 aromatic rings. The minimum Gasteiger partial charge on any atom is -0.353 e. The maximum Gasteiger partial charge on any atom is 0.222 e. The summed E-state index contributed by atoms with van der Waals surface area (Å²) in [5.41, 5.74) is 0. The van der Waals surface area contributed by atoms with Crippen LogP contribution in [0.5, 0.6) is 0 Å². The molecule has 0 bridgehead atoms. The van der Waals surface area contributed by atoms with Gasteiger partial charge >= 0.3 is 0 Å². The van der Waals surface area contributed by atoms with Crippen molar-refractivity contribution in [2.75, 3.05) is 13.1 Å². The number of rotatable bonds is 6. The molecule has 84 valence electrons. The molecule has 0 aromatic heterocycles. The highest BCUT2D eigenvalue weighted by molar-refractivity contribution is 5.78. The third kappa shape index (κ3) is 4.14. The van der Waals surface area contributed by atoms with Crippen molar-refractivity contribution in [1.82, 2.24) is 10.2 Å². The van der Waals surface area contributed by atoms with E-state index in [0.717, 1.165) is 12.8 Å². The van der Waals surface area contributed by atoms with Gasteiger partial charge in [-0.25, -0.2) is 0 Å². The number of hydrogen-bond acceptors (Lipinski definition) is 2. The fourth-order valence-electron chi connectivity index (χ4n) is 1.48. The summed E-state index contributed by atoms with van der Waals surface area (Å²) in [5.74, 6) is 0.0378. The average molecular weight is 210 g/mol. The number of nitrogens with zero attached hydrogens (tertiary/aromatic N) is 1. The van der Waals surface area contributed by atoms with Crippen LogP contribution in [0.3, 0.4) is 0 Å². The highest BCUT2D eigenvalue weighted by atomic mass is 16.2. The molecule has 0 aliphatic heterocycles. The van der Waals surface area contributed by atoms with E-state index >= 15 is 0 Å². The highest BCUT2D eigenvalue weighted by Gasteiger charge is 2.30. The van der Waals surface area contributed by atoms with Gasteiger partial charge in [0.1, 0.15) is 0 Å². The summed E-state index contributed by atoms with van der Waals surface area (Å²) in [4.78, 5) is 24.3. The van der Waals surface area contributed by atoms with Gasteiger partial charge in [0.05, 0.1) is 0 Å². The molecule has 4 heteroatoms. The molecule has 0 atom stereocenters. The van der Waals surface area contributed by atoms with Crippen LogP contribution in [0, 0.1) is 0 Å². The van der Waals surface area contributed by atoms with Crippen molar-refractivity contribution in [2.24, 2.45) is 0 Å². The van der Waals surface area contributed by atoms with Crippen molar-refractivity contribution < 1.29 is 9.59 Å². The van der Waals surface area contributed by atoms with E-state index in [1.54, 1.807) is 17.9 Å². The Morgan fingerprint density at radius 3 is 2.67 bits per heavy atom. The first-order chi connectivity index (χ1) is 7.15. The maximum atomic E-state index is 11.3. The zero-order chi connectivity index (χ0) is 11.3. The van der Waals surface area contributed by atoms with Gasteiger partial charge in [-0.05, 0) is 12.8 Å². The van der Waals surface area contributed by atoms with E-state index in [1.165, 1.54) is 0 Å². The van der Waals surface area contributed by atoms with Crippen molar-refractivity contribution in [3.05, 3.63) is 12.7 Å². The molecule has 1 rings (SSSR count). The summed E-state index contributed by atoms with van der Waals surface area (Å²) in [5, 5.41) is 2.69. The van der Waals surface area contributed by atoms with Crippen molar-refractivity contribution >= 4 is 11.8 Å². The van der Waals surface area contributed by atoms with E-state index in [2.05, 4.69) is 11.9 Å². The summed E-state index contributed by atoms with van der Waals surface area (Å²) in [6.07, 6.45) is 4.17. The lowest BCUT2D eigenvalue weighted by Crippen LogP contribution is -2.35. The summed E-state index contributed by atoms with van der Waals surface area (Å²) >= 11 is 0. The van der Waals surface area contributed by atoms with Crippen molar-refractivity contribution in [1.29, 1.82) is 0 Å². The van der Waals surface area contributed by atoms with Gasteiger partial charge in [0.2, 0.25) is 11.8 Å². The molecule has 1 aliphatic rings. The molecule has 0 saturated heterocycles. The Balaban J connectivity index is 2.24. The van der Waals surface area contributed by atoms with Crippen molar-refractivity contribution in [2.45, 2.75) is 32.2 Å². The normalized spacial score (nSPS) is 14.5. The predicted molar refractivity (Wildman–Crippen MR) is 58.2 cm³/mol. The lowest BCUT2D eigenvalue weighted by Gasteiger charge is -2.19. The zero-order valence-electron chi connectivity index (χ0n) is 9.16.